The van der Waals surface area contributed by atoms with Crippen molar-refractivity contribution in [3.05, 3.63) is 65.5 Å². The molecule has 6 heteroatoms. The lowest BCUT2D eigenvalue weighted by Gasteiger charge is -2.15. The first-order valence-electron chi connectivity index (χ1n) is 6.69. The van der Waals surface area contributed by atoms with E-state index in [0.29, 0.717) is 0 Å². The third kappa shape index (κ3) is 3.82. The number of carbonyl (C=O) groups excluding carboxylic acids is 2. The molecule has 0 aromatic heterocycles. The van der Waals surface area contributed by atoms with E-state index in [1.165, 1.54) is 12.1 Å². The number of hydrogen-bond donors (Lipinski definition) is 3. The summed E-state index contributed by atoms with van der Waals surface area (Å²) in [6, 6.07) is 12.4. The fourth-order valence-corrected chi connectivity index (χ4v) is 1.98. The standard InChI is InChI=1S/C16H16FN3O2/c1-10(11-5-3-2-4-6-11)19-16(22)20-12-7-8-14(17)13(9-12)15(18)21/h2-10H,1H3,(H2,18,21)(H2,19,20,22). The molecular weight excluding hydrogens is 285 g/mol. The summed E-state index contributed by atoms with van der Waals surface area (Å²) in [6.45, 7) is 1.84. The monoisotopic (exact) mass is 301 g/mol. The van der Waals surface area contributed by atoms with E-state index >= 15 is 0 Å². The molecular formula is C16H16FN3O2. The number of carbonyl (C=O) groups is 2. The molecule has 1 atom stereocenters. The van der Waals surface area contributed by atoms with E-state index < -0.39 is 17.8 Å². The van der Waals surface area contributed by atoms with Crippen molar-refractivity contribution in [2.45, 2.75) is 13.0 Å². The second-order valence-corrected chi connectivity index (χ2v) is 4.79. The van der Waals surface area contributed by atoms with Crippen LogP contribution in [0.25, 0.3) is 0 Å². The average molecular weight is 301 g/mol. The zero-order chi connectivity index (χ0) is 16.1. The number of amides is 3. The highest BCUT2D eigenvalue weighted by Crippen LogP contribution is 2.15. The van der Waals surface area contributed by atoms with Gasteiger partial charge in [0.1, 0.15) is 5.82 Å². The van der Waals surface area contributed by atoms with Crippen molar-refractivity contribution in [1.82, 2.24) is 5.32 Å². The van der Waals surface area contributed by atoms with Crippen LogP contribution in [-0.2, 0) is 0 Å². The van der Waals surface area contributed by atoms with E-state index in [1.54, 1.807) is 0 Å². The number of nitrogens with one attached hydrogen (secondary N) is 2. The molecule has 114 valence electrons. The Labute approximate surface area is 127 Å². The van der Waals surface area contributed by atoms with Gasteiger partial charge in [0.05, 0.1) is 11.6 Å². The first-order chi connectivity index (χ1) is 10.5. The predicted molar refractivity (Wildman–Crippen MR) is 81.9 cm³/mol. The van der Waals surface area contributed by atoms with Crippen molar-refractivity contribution in [3.8, 4) is 0 Å². The zero-order valence-electron chi connectivity index (χ0n) is 12.0. The van der Waals surface area contributed by atoms with Gasteiger partial charge in [-0.05, 0) is 30.7 Å². The molecule has 3 amide bonds. The molecule has 22 heavy (non-hydrogen) atoms. The molecule has 0 fully saturated rings. The van der Waals surface area contributed by atoms with Crippen LogP contribution >= 0.6 is 0 Å². The molecule has 0 radical (unpaired) electrons. The van der Waals surface area contributed by atoms with Gasteiger partial charge in [-0.1, -0.05) is 30.3 Å². The maximum Gasteiger partial charge on any atom is 0.319 e. The lowest BCUT2D eigenvalue weighted by Crippen LogP contribution is -2.31. The maximum atomic E-state index is 13.4. The largest absolute Gasteiger partial charge is 0.366 e. The number of benzene rings is 2. The van der Waals surface area contributed by atoms with Crippen LogP contribution in [0.3, 0.4) is 0 Å². The molecule has 0 spiro atoms. The van der Waals surface area contributed by atoms with Gasteiger partial charge in [0.25, 0.3) is 5.91 Å². The third-order valence-corrected chi connectivity index (χ3v) is 3.14. The Morgan fingerprint density at radius 2 is 1.82 bits per heavy atom. The molecule has 0 aliphatic heterocycles. The summed E-state index contributed by atoms with van der Waals surface area (Å²) in [7, 11) is 0. The highest BCUT2D eigenvalue weighted by Gasteiger charge is 2.12. The predicted octanol–water partition coefficient (Wildman–Crippen LogP) is 2.81. The van der Waals surface area contributed by atoms with Gasteiger partial charge >= 0.3 is 6.03 Å². The highest BCUT2D eigenvalue weighted by molar-refractivity contribution is 5.96. The van der Waals surface area contributed by atoms with E-state index in [1.807, 2.05) is 37.3 Å². The topological polar surface area (TPSA) is 84.2 Å². The minimum absolute atomic E-state index is 0.197. The van der Waals surface area contributed by atoms with Crippen LogP contribution in [0.2, 0.25) is 0 Å². The molecule has 0 aliphatic rings. The highest BCUT2D eigenvalue weighted by atomic mass is 19.1. The number of primary amides is 1. The fraction of sp³-hybridized carbons (Fsp3) is 0.125. The molecule has 2 rings (SSSR count). The van der Waals surface area contributed by atoms with Crippen molar-refractivity contribution in [1.29, 1.82) is 0 Å². The van der Waals surface area contributed by atoms with Crippen LogP contribution in [0.1, 0.15) is 28.9 Å². The van der Waals surface area contributed by atoms with Gasteiger partial charge in [-0.2, -0.15) is 0 Å². The van der Waals surface area contributed by atoms with E-state index in [9.17, 15) is 14.0 Å². The normalized spacial score (nSPS) is 11.5. The minimum atomic E-state index is -0.890. The lowest BCUT2D eigenvalue weighted by atomic mass is 10.1. The maximum absolute atomic E-state index is 13.4. The summed E-state index contributed by atoms with van der Waals surface area (Å²) < 4.78 is 13.4. The third-order valence-electron chi connectivity index (χ3n) is 3.14. The Kier molecular flexibility index (Phi) is 4.73. The van der Waals surface area contributed by atoms with Gasteiger partial charge < -0.3 is 16.4 Å². The average Bonchev–Trinajstić information content (AvgIpc) is 2.49. The van der Waals surface area contributed by atoms with E-state index in [-0.39, 0.29) is 17.3 Å². The Bertz CT molecular complexity index is 689. The van der Waals surface area contributed by atoms with Gasteiger partial charge in [0.15, 0.2) is 0 Å². The zero-order valence-corrected chi connectivity index (χ0v) is 12.0. The van der Waals surface area contributed by atoms with Crippen LogP contribution < -0.4 is 16.4 Å². The number of urea groups is 1. The van der Waals surface area contributed by atoms with Gasteiger partial charge in [-0.25, -0.2) is 9.18 Å². The van der Waals surface area contributed by atoms with E-state index in [4.69, 9.17) is 5.73 Å². The van der Waals surface area contributed by atoms with Gasteiger partial charge in [-0.3, -0.25) is 4.79 Å². The molecule has 5 nitrogen and oxygen atoms in total. The lowest BCUT2D eigenvalue weighted by molar-refractivity contribution is 0.0996. The van der Waals surface area contributed by atoms with Crippen molar-refractivity contribution in [2.75, 3.05) is 5.32 Å². The Morgan fingerprint density at radius 3 is 2.45 bits per heavy atom. The van der Waals surface area contributed by atoms with E-state index in [2.05, 4.69) is 10.6 Å². The number of halogens is 1. The van der Waals surface area contributed by atoms with Crippen LogP contribution in [0.4, 0.5) is 14.9 Å². The Hall–Kier alpha value is -2.89. The molecule has 2 aromatic rings. The SMILES string of the molecule is CC(NC(=O)Nc1ccc(F)c(C(N)=O)c1)c1ccccc1. The summed E-state index contributed by atoms with van der Waals surface area (Å²) in [4.78, 5) is 23.0. The summed E-state index contributed by atoms with van der Waals surface area (Å²) in [5.74, 6) is -1.62. The van der Waals surface area contributed by atoms with Crippen LogP contribution in [0.15, 0.2) is 48.5 Å². The summed E-state index contributed by atoms with van der Waals surface area (Å²) in [6.07, 6.45) is 0. The molecule has 0 bridgehead atoms. The molecule has 0 heterocycles. The molecule has 2 aromatic carbocycles. The second kappa shape index (κ2) is 6.71. The Balaban J connectivity index is 2.03. The molecule has 1 unspecified atom stereocenters. The van der Waals surface area contributed by atoms with E-state index in [0.717, 1.165) is 11.6 Å². The molecule has 4 N–H and O–H groups in total. The second-order valence-electron chi connectivity index (χ2n) is 4.79. The summed E-state index contributed by atoms with van der Waals surface area (Å²) >= 11 is 0. The van der Waals surface area contributed by atoms with Gasteiger partial charge in [0.2, 0.25) is 0 Å². The smallest absolute Gasteiger partial charge is 0.319 e. The summed E-state index contributed by atoms with van der Waals surface area (Å²) in [5, 5.41) is 5.29. The molecule has 0 saturated carbocycles. The number of nitrogens with two attached hydrogens (primary N) is 1. The molecule has 0 saturated heterocycles. The first kappa shape index (κ1) is 15.5. The Morgan fingerprint density at radius 1 is 1.14 bits per heavy atom. The number of rotatable bonds is 4. The van der Waals surface area contributed by atoms with Gasteiger partial charge in [0, 0.05) is 5.69 Å². The number of hydrogen-bond acceptors (Lipinski definition) is 2. The van der Waals surface area contributed by atoms with Crippen LogP contribution in [0, 0.1) is 5.82 Å². The van der Waals surface area contributed by atoms with Crippen LogP contribution in [0.5, 0.6) is 0 Å². The van der Waals surface area contributed by atoms with Crippen molar-refractivity contribution in [2.24, 2.45) is 5.73 Å². The minimum Gasteiger partial charge on any atom is -0.366 e. The van der Waals surface area contributed by atoms with Gasteiger partial charge in [-0.15, -0.1) is 0 Å². The van der Waals surface area contributed by atoms with Crippen molar-refractivity contribution >= 4 is 17.6 Å². The van der Waals surface area contributed by atoms with Crippen LogP contribution in [-0.4, -0.2) is 11.9 Å². The first-order valence-corrected chi connectivity index (χ1v) is 6.69. The molecule has 0 aliphatic carbocycles. The quantitative estimate of drug-likeness (QED) is 0.811. The summed E-state index contributed by atoms with van der Waals surface area (Å²) in [5.41, 5.74) is 6.03. The van der Waals surface area contributed by atoms with Crippen molar-refractivity contribution in [3.63, 3.8) is 0 Å². The number of anilines is 1. The fourth-order valence-electron chi connectivity index (χ4n) is 1.98. The van der Waals surface area contributed by atoms with Crippen molar-refractivity contribution < 1.29 is 14.0 Å².